The molecular weight excluding hydrogens is 238 g/mol. The minimum Gasteiger partial charge on any atom is -0.341 e. The Labute approximate surface area is 102 Å². The third-order valence-corrected chi connectivity index (χ3v) is 3.88. The number of nitrogens with zero attached hydrogens (tertiary/aromatic N) is 3. The summed E-state index contributed by atoms with van der Waals surface area (Å²) in [6.07, 6.45) is 2.62. The van der Waals surface area contributed by atoms with Gasteiger partial charge in [-0.05, 0) is 12.2 Å². The van der Waals surface area contributed by atoms with Gasteiger partial charge in [0.25, 0.3) is 5.56 Å². The molecule has 90 valence electrons. The average molecular weight is 251 g/mol. The minimum absolute atomic E-state index is 0.129. The number of H-pyrrole nitrogens is 2. The van der Waals surface area contributed by atoms with Gasteiger partial charge in [-0.15, -0.1) is 0 Å². The second kappa shape index (κ2) is 4.40. The number of fused-ring (bicyclic) bond motifs is 1. The van der Waals surface area contributed by atoms with Gasteiger partial charge in [0.15, 0.2) is 5.65 Å². The summed E-state index contributed by atoms with van der Waals surface area (Å²) in [5.41, 5.74) is 0.427. The maximum Gasteiger partial charge on any atom is 0.263 e. The molecule has 0 spiro atoms. The van der Waals surface area contributed by atoms with Crippen LogP contribution in [0.1, 0.15) is 6.42 Å². The highest BCUT2D eigenvalue weighted by atomic mass is 32.2. The van der Waals surface area contributed by atoms with E-state index in [1.54, 1.807) is 0 Å². The predicted molar refractivity (Wildman–Crippen MR) is 68.7 cm³/mol. The van der Waals surface area contributed by atoms with Crippen LogP contribution >= 0.6 is 11.8 Å². The molecule has 1 saturated heterocycles. The van der Waals surface area contributed by atoms with E-state index in [1.165, 1.54) is 11.9 Å². The fourth-order valence-corrected chi connectivity index (χ4v) is 2.83. The third-order valence-electron chi connectivity index (χ3n) is 2.83. The Kier molecular flexibility index (Phi) is 2.76. The van der Waals surface area contributed by atoms with Gasteiger partial charge < -0.3 is 4.90 Å². The topological polar surface area (TPSA) is 77.7 Å². The second-order valence-corrected chi connectivity index (χ2v) is 5.20. The van der Waals surface area contributed by atoms with Crippen LogP contribution in [0.25, 0.3) is 11.0 Å². The average Bonchev–Trinajstić information content (AvgIpc) is 2.63. The lowest BCUT2D eigenvalue weighted by molar-refractivity contribution is 0.783. The van der Waals surface area contributed by atoms with E-state index in [0.717, 1.165) is 25.3 Å². The number of anilines is 1. The van der Waals surface area contributed by atoms with Crippen LogP contribution in [0.4, 0.5) is 5.95 Å². The van der Waals surface area contributed by atoms with Crippen molar-refractivity contribution in [3.05, 3.63) is 16.6 Å². The monoisotopic (exact) mass is 251 g/mol. The zero-order valence-electron chi connectivity index (χ0n) is 9.27. The number of hydrogen-bond acceptors (Lipinski definition) is 5. The van der Waals surface area contributed by atoms with Crippen molar-refractivity contribution in [1.29, 1.82) is 0 Å². The first kappa shape index (κ1) is 10.6. The normalized spacial score (nSPS) is 17.3. The van der Waals surface area contributed by atoms with Crippen LogP contribution in [0.15, 0.2) is 11.0 Å². The van der Waals surface area contributed by atoms with E-state index in [1.807, 2.05) is 11.8 Å². The fourth-order valence-electron chi connectivity index (χ4n) is 1.94. The zero-order chi connectivity index (χ0) is 11.7. The van der Waals surface area contributed by atoms with E-state index in [0.29, 0.717) is 17.0 Å². The zero-order valence-corrected chi connectivity index (χ0v) is 10.1. The van der Waals surface area contributed by atoms with Crippen LogP contribution in [0.3, 0.4) is 0 Å². The lowest BCUT2D eigenvalue weighted by Gasteiger charge is -2.19. The second-order valence-electron chi connectivity index (χ2n) is 3.97. The molecule has 0 aromatic carbocycles. The molecule has 3 rings (SSSR count). The highest BCUT2D eigenvalue weighted by Crippen LogP contribution is 2.15. The quantitative estimate of drug-likeness (QED) is 0.775. The molecule has 0 bridgehead atoms. The van der Waals surface area contributed by atoms with Crippen LogP contribution in [0.2, 0.25) is 0 Å². The standard InChI is InChI=1S/C10H13N5OS/c16-9-7-6-11-14-8(7)12-10(13-9)15-2-1-4-17-5-3-15/h6H,1-5H2,(H2,11,12,13,14,16). The molecule has 6 nitrogen and oxygen atoms in total. The number of thioether (sulfide) groups is 1. The van der Waals surface area contributed by atoms with Gasteiger partial charge in [-0.2, -0.15) is 21.8 Å². The van der Waals surface area contributed by atoms with Crippen molar-refractivity contribution in [2.45, 2.75) is 6.42 Å². The minimum atomic E-state index is -0.129. The van der Waals surface area contributed by atoms with Gasteiger partial charge in [0.05, 0.1) is 6.20 Å². The first-order valence-corrected chi connectivity index (χ1v) is 6.76. The number of aromatic nitrogens is 4. The van der Waals surface area contributed by atoms with Crippen LogP contribution < -0.4 is 10.5 Å². The first-order valence-electron chi connectivity index (χ1n) is 5.61. The SMILES string of the molecule is O=c1[nH]c(N2CCCSCC2)nc2[nH]ncc12. The molecule has 1 aliphatic heterocycles. The van der Waals surface area contributed by atoms with Gasteiger partial charge >= 0.3 is 0 Å². The van der Waals surface area contributed by atoms with Gasteiger partial charge in [0.1, 0.15) is 5.39 Å². The van der Waals surface area contributed by atoms with Crippen LogP contribution in [-0.4, -0.2) is 44.8 Å². The molecule has 1 fully saturated rings. The lowest BCUT2D eigenvalue weighted by Crippen LogP contribution is -2.29. The van der Waals surface area contributed by atoms with Gasteiger partial charge in [-0.25, -0.2) is 0 Å². The summed E-state index contributed by atoms with van der Waals surface area (Å²) in [7, 11) is 0. The van der Waals surface area contributed by atoms with Gasteiger partial charge in [-0.1, -0.05) is 0 Å². The highest BCUT2D eigenvalue weighted by Gasteiger charge is 2.14. The summed E-state index contributed by atoms with van der Waals surface area (Å²) in [5.74, 6) is 2.90. The van der Waals surface area contributed by atoms with Crippen LogP contribution in [0, 0.1) is 0 Å². The number of hydrogen-bond donors (Lipinski definition) is 2. The van der Waals surface area contributed by atoms with Crippen molar-refractivity contribution in [3.63, 3.8) is 0 Å². The Morgan fingerprint density at radius 1 is 1.35 bits per heavy atom. The Morgan fingerprint density at radius 2 is 2.29 bits per heavy atom. The Morgan fingerprint density at radius 3 is 3.24 bits per heavy atom. The van der Waals surface area contributed by atoms with E-state index < -0.39 is 0 Å². The fraction of sp³-hybridized carbons (Fsp3) is 0.500. The molecule has 1 aliphatic rings. The van der Waals surface area contributed by atoms with Crippen molar-refractivity contribution >= 4 is 28.7 Å². The van der Waals surface area contributed by atoms with Crippen molar-refractivity contribution in [1.82, 2.24) is 20.2 Å². The maximum atomic E-state index is 11.8. The largest absolute Gasteiger partial charge is 0.341 e. The van der Waals surface area contributed by atoms with Gasteiger partial charge in [0, 0.05) is 18.8 Å². The number of nitrogens with one attached hydrogen (secondary N) is 2. The van der Waals surface area contributed by atoms with Gasteiger partial charge in [0.2, 0.25) is 5.95 Å². The van der Waals surface area contributed by atoms with E-state index in [2.05, 4.69) is 25.1 Å². The van der Waals surface area contributed by atoms with E-state index in [9.17, 15) is 4.79 Å². The summed E-state index contributed by atoms with van der Waals surface area (Å²) in [6, 6.07) is 0. The molecule has 2 aromatic heterocycles. The first-order chi connectivity index (χ1) is 8.34. The summed E-state index contributed by atoms with van der Waals surface area (Å²) in [4.78, 5) is 21.2. The van der Waals surface area contributed by atoms with Crippen molar-refractivity contribution in [2.75, 3.05) is 29.5 Å². The van der Waals surface area contributed by atoms with Crippen LogP contribution in [-0.2, 0) is 0 Å². The molecule has 0 saturated carbocycles. The molecule has 7 heteroatoms. The van der Waals surface area contributed by atoms with Crippen molar-refractivity contribution < 1.29 is 0 Å². The summed E-state index contributed by atoms with van der Waals surface area (Å²) in [6.45, 7) is 1.86. The summed E-state index contributed by atoms with van der Waals surface area (Å²) >= 11 is 1.94. The van der Waals surface area contributed by atoms with Crippen molar-refractivity contribution in [3.8, 4) is 0 Å². The number of aromatic amines is 2. The molecule has 17 heavy (non-hydrogen) atoms. The smallest absolute Gasteiger partial charge is 0.263 e. The maximum absolute atomic E-state index is 11.8. The van der Waals surface area contributed by atoms with Gasteiger partial charge in [-0.3, -0.25) is 14.9 Å². The van der Waals surface area contributed by atoms with E-state index in [-0.39, 0.29) is 5.56 Å². The van der Waals surface area contributed by atoms with E-state index in [4.69, 9.17) is 0 Å². The molecule has 3 heterocycles. The summed E-state index contributed by atoms with van der Waals surface area (Å²) in [5, 5.41) is 7.09. The Balaban J connectivity index is 2.01. The molecule has 0 atom stereocenters. The molecular formula is C10H13N5OS. The Bertz CT molecular complexity index is 569. The lowest BCUT2D eigenvalue weighted by atomic mass is 10.4. The third kappa shape index (κ3) is 2.02. The molecule has 0 amide bonds. The molecule has 0 unspecified atom stereocenters. The predicted octanol–water partition coefficient (Wildman–Crippen LogP) is 0.589. The van der Waals surface area contributed by atoms with Crippen LogP contribution in [0.5, 0.6) is 0 Å². The molecule has 2 aromatic rings. The van der Waals surface area contributed by atoms with Crippen molar-refractivity contribution in [2.24, 2.45) is 0 Å². The summed E-state index contributed by atoms with van der Waals surface area (Å²) < 4.78 is 0. The molecule has 0 radical (unpaired) electrons. The molecule has 0 aliphatic carbocycles. The number of rotatable bonds is 1. The Hall–Kier alpha value is -1.50. The van der Waals surface area contributed by atoms with E-state index >= 15 is 0 Å². The highest BCUT2D eigenvalue weighted by molar-refractivity contribution is 7.99. The molecule has 2 N–H and O–H groups in total.